The minimum absolute atomic E-state index is 0.177. The van der Waals surface area contributed by atoms with Crippen LogP contribution in [0, 0.1) is 5.41 Å². The third kappa shape index (κ3) is 3.07. The average Bonchev–Trinajstić information content (AvgIpc) is 2.38. The first kappa shape index (κ1) is 15.5. The maximum atomic E-state index is 5.90. The minimum Gasteiger partial charge on any atom is -0.330 e. The van der Waals surface area contributed by atoms with Crippen molar-refractivity contribution in [1.29, 1.82) is 0 Å². The van der Waals surface area contributed by atoms with Crippen molar-refractivity contribution in [2.45, 2.75) is 52.0 Å². The van der Waals surface area contributed by atoms with E-state index in [2.05, 4.69) is 63.9 Å². The lowest BCUT2D eigenvalue weighted by Gasteiger charge is -2.42. The predicted octanol–water partition coefficient (Wildman–Crippen LogP) is 3.72. The van der Waals surface area contributed by atoms with E-state index in [9.17, 15) is 0 Å². The molecule has 2 nitrogen and oxygen atoms in total. The van der Waals surface area contributed by atoms with E-state index >= 15 is 0 Å². The van der Waals surface area contributed by atoms with Gasteiger partial charge in [0.1, 0.15) is 0 Å². The predicted molar refractivity (Wildman–Crippen MR) is 86.9 cm³/mol. The van der Waals surface area contributed by atoms with Crippen molar-refractivity contribution in [2.75, 3.05) is 20.1 Å². The Labute approximate surface area is 124 Å². The number of nitrogens with two attached hydrogens (primary N) is 1. The van der Waals surface area contributed by atoms with Crippen LogP contribution in [-0.2, 0) is 5.41 Å². The van der Waals surface area contributed by atoms with Crippen LogP contribution in [0.5, 0.6) is 0 Å². The molecule has 0 amide bonds. The number of hydrogen-bond donors (Lipinski definition) is 1. The molecular formula is C18H30N2. The molecule has 0 fully saturated rings. The quantitative estimate of drug-likeness (QED) is 0.907. The lowest BCUT2D eigenvalue weighted by Crippen LogP contribution is -2.41. The highest BCUT2D eigenvalue weighted by molar-refractivity contribution is 5.38. The molecule has 0 radical (unpaired) electrons. The van der Waals surface area contributed by atoms with Gasteiger partial charge in [0.05, 0.1) is 0 Å². The summed E-state index contributed by atoms with van der Waals surface area (Å²) >= 11 is 0. The van der Waals surface area contributed by atoms with Crippen LogP contribution in [0.2, 0.25) is 0 Å². The van der Waals surface area contributed by atoms with Gasteiger partial charge in [-0.25, -0.2) is 0 Å². The Kier molecular flexibility index (Phi) is 4.27. The molecule has 0 heterocycles. The van der Waals surface area contributed by atoms with Crippen molar-refractivity contribution in [2.24, 2.45) is 11.1 Å². The van der Waals surface area contributed by atoms with Crippen molar-refractivity contribution >= 4 is 0 Å². The second kappa shape index (κ2) is 5.50. The summed E-state index contributed by atoms with van der Waals surface area (Å²) in [6.07, 6.45) is 2.49. The minimum atomic E-state index is 0.177. The number of nitrogens with zero attached hydrogens (tertiary/aromatic N) is 1. The van der Waals surface area contributed by atoms with Crippen LogP contribution in [0.25, 0.3) is 0 Å². The Hall–Kier alpha value is -0.860. The summed E-state index contributed by atoms with van der Waals surface area (Å²) in [6.45, 7) is 11.0. The van der Waals surface area contributed by atoms with E-state index in [0.29, 0.717) is 11.5 Å². The maximum Gasteiger partial charge on any atom is 0.0348 e. The van der Waals surface area contributed by atoms with Crippen molar-refractivity contribution in [1.82, 2.24) is 4.90 Å². The summed E-state index contributed by atoms with van der Waals surface area (Å²) in [6, 6.07) is 9.50. The normalized spacial score (nSPS) is 21.9. The van der Waals surface area contributed by atoms with E-state index in [0.717, 1.165) is 13.1 Å². The molecule has 0 saturated heterocycles. The summed E-state index contributed by atoms with van der Waals surface area (Å²) in [4.78, 5) is 2.50. The molecule has 20 heavy (non-hydrogen) atoms. The van der Waals surface area contributed by atoms with Crippen LogP contribution in [0.1, 0.15) is 57.7 Å². The first-order valence-electron chi connectivity index (χ1n) is 7.76. The zero-order valence-electron chi connectivity index (χ0n) is 13.7. The highest BCUT2D eigenvalue weighted by Crippen LogP contribution is 2.43. The fourth-order valence-electron chi connectivity index (χ4n) is 3.50. The summed E-state index contributed by atoms with van der Waals surface area (Å²) in [5, 5.41) is 0. The highest BCUT2D eigenvalue weighted by Gasteiger charge is 2.35. The number of fused-ring (bicyclic) bond motifs is 1. The average molecular weight is 274 g/mol. The monoisotopic (exact) mass is 274 g/mol. The van der Waals surface area contributed by atoms with Gasteiger partial charge in [-0.1, -0.05) is 52.0 Å². The van der Waals surface area contributed by atoms with Gasteiger partial charge in [0.25, 0.3) is 0 Å². The van der Waals surface area contributed by atoms with Gasteiger partial charge in [-0.05, 0) is 48.4 Å². The molecular weight excluding hydrogens is 244 g/mol. The van der Waals surface area contributed by atoms with Crippen LogP contribution in [0.15, 0.2) is 24.3 Å². The van der Waals surface area contributed by atoms with E-state index in [1.54, 1.807) is 0 Å². The Morgan fingerprint density at radius 2 is 1.95 bits per heavy atom. The molecule has 1 aromatic rings. The molecule has 0 aromatic heterocycles. The smallest absolute Gasteiger partial charge is 0.0348 e. The van der Waals surface area contributed by atoms with E-state index in [1.165, 1.54) is 24.0 Å². The van der Waals surface area contributed by atoms with Crippen LogP contribution in [0.3, 0.4) is 0 Å². The maximum absolute atomic E-state index is 5.90. The number of rotatable bonds is 4. The van der Waals surface area contributed by atoms with E-state index in [-0.39, 0.29) is 5.41 Å². The van der Waals surface area contributed by atoms with E-state index in [1.807, 2.05) is 0 Å². The summed E-state index contributed by atoms with van der Waals surface area (Å²) < 4.78 is 0. The van der Waals surface area contributed by atoms with E-state index < -0.39 is 0 Å². The van der Waals surface area contributed by atoms with Crippen LogP contribution >= 0.6 is 0 Å². The third-order valence-corrected chi connectivity index (χ3v) is 4.85. The van der Waals surface area contributed by atoms with E-state index in [4.69, 9.17) is 5.73 Å². The Morgan fingerprint density at radius 1 is 1.30 bits per heavy atom. The molecule has 1 unspecified atom stereocenters. The van der Waals surface area contributed by atoms with Gasteiger partial charge in [0, 0.05) is 12.6 Å². The first-order chi connectivity index (χ1) is 9.27. The molecule has 1 aliphatic rings. The topological polar surface area (TPSA) is 29.3 Å². The fourth-order valence-corrected chi connectivity index (χ4v) is 3.50. The molecule has 1 aromatic carbocycles. The summed E-state index contributed by atoms with van der Waals surface area (Å²) in [5.41, 5.74) is 9.41. The van der Waals surface area contributed by atoms with Crippen molar-refractivity contribution in [3.8, 4) is 0 Å². The molecule has 2 N–H and O–H groups in total. The first-order valence-corrected chi connectivity index (χ1v) is 7.76. The van der Waals surface area contributed by atoms with Gasteiger partial charge in [0.15, 0.2) is 0 Å². The van der Waals surface area contributed by atoms with Crippen molar-refractivity contribution in [3.05, 3.63) is 35.4 Å². The second-order valence-corrected chi connectivity index (χ2v) is 7.81. The Bertz CT molecular complexity index is 462. The lowest BCUT2D eigenvalue weighted by molar-refractivity contribution is 0.142. The molecule has 0 bridgehead atoms. The molecule has 0 aliphatic heterocycles. The van der Waals surface area contributed by atoms with Gasteiger partial charge in [-0.3, -0.25) is 4.90 Å². The Balaban J connectivity index is 2.27. The largest absolute Gasteiger partial charge is 0.330 e. The number of benzene rings is 1. The fraction of sp³-hybridized carbons (Fsp3) is 0.667. The molecule has 112 valence electrons. The Morgan fingerprint density at radius 3 is 2.60 bits per heavy atom. The molecule has 0 spiro atoms. The standard InChI is InChI=1S/C18H30N2/c1-17(2,12-19)13-20(5)16-10-11-18(3,4)15-9-7-6-8-14(15)16/h6-9,16H,10-13,19H2,1-5H3. The van der Waals surface area contributed by atoms with Crippen LogP contribution < -0.4 is 5.73 Å². The molecule has 1 aliphatic carbocycles. The van der Waals surface area contributed by atoms with Gasteiger partial charge in [0.2, 0.25) is 0 Å². The van der Waals surface area contributed by atoms with Crippen LogP contribution in [0.4, 0.5) is 0 Å². The molecule has 1 atom stereocenters. The van der Waals surface area contributed by atoms with Crippen molar-refractivity contribution in [3.63, 3.8) is 0 Å². The second-order valence-electron chi connectivity index (χ2n) is 7.81. The zero-order valence-corrected chi connectivity index (χ0v) is 13.7. The van der Waals surface area contributed by atoms with Gasteiger partial charge < -0.3 is 5.73 Å². The van der Waals surface area contributed by atoms with Crippen LogP contribution in [-0.4, -0.2) is 25.0 Å². The summed E-state index contributed by atoms with van der Waals surface area (Å²) in [5.74, 6) is 0. The van der Waals surface area contributed by atoms with Gasteiger partial charge in [-0.2, -0.15) is 0 Å². The third-order valence-electron chi connectivity index (χ3n) is 4.85. The summed E-state index contributed by atoms with van der Waals surface area (Å²) in [7, 11) is 2.25. The van der Waals surface area contributed by atoms with Gasteiger partial charge >= 0.3 is 0 Å². The van der Waals surface area contributed by atoms with Gasteiger partial charge in [-0.15, -0.1) is 0 Å². The number of hydrogen-bond acceptors (Lipinski definition) is 2. The SMILES string of the molecule is CN(CC(C)(C)CN)C1CCC(C)(C)c2ccccc21. The van der Waals surface area contributed by atoms with Crippen molar-refractivity contribution < 1.29 is 0 Å². The highest BCUT2D eigenvalue weighted by atomic mass is 15.1. The molecule has 2 heteroatoms. The molecule has 2 rings (SSSR count). The lowest BCUT2D eigenvalue weighted by atomic mass is 9.70. The molecule has 0 saturated carbocycles. The zero-order chi connectivity index (χ0) is 15.0.